The van der Waals surface area contributed by atoms with Crippen molar-refractivity contribution in [2.24, 2.45) is 0 Å². The highest BCUT2D eigenvalue weighted by Gasteiger charge is 2.52. The van der Waals surface area contributed by atoms with Gasteiger partial charge in [0, 0.05) is 23.1 Å². The third-order valence-corrected chi connectivity index (χ3v) is 11.2. The van der Waals surface area contributed by atoms with Crippen LogP contribution in [0, 0.1) is 122 Å². The fraction of sp³-hybridized carbons (Fsp3) is 0.0426. The van der Waals surface area contributed by atoms with Crippen LogP contribution in [0.3, 0.4) is 0 Å². The van der Waals surface area contributed by atoms with E-state index in [-0.39, 0.29) is 5.82 Å². The van der Waals surface area contributed by atoms with Gasteiger partial charge in [-0.1, -0.05) is 60.7 Å². The lowest BCUT2D eigenvalue weighted by Gasteiger charge is -2.44. The normalized spacial score (nSPS) is 11.6. The van der Waals surface area contributed by atoms with Crippen LogP contribution >= 0.6 is 0 Å². The molecule has 1 nitrogen and oxygen atoms in total. The van der Waals surface area contributed by atoms with E-state index in [4.69, 9.17) is 0 Å². The molecule has 0 atom stereocenters. The lowest BCUT2D eigenvalue weighted by molar-refractivity contribution is -0.669. The molecule has 8 aromatic rings. The van der Waals surface area contributed by atoms with Gasteiger partial charge < -0.3 is 0 Å². The number of para-hydroxylation sites is 1. The average molecular weight is 1010 g/mol. The fourth-order valence-corrected chi connectivity index (χ4v) is 8.12. The summed E-state index contributed by atoms with van der Waals surface area (Å²) >= 11 is 0. The first-order valence-corrected chi connectivity index (χ1v) is 19.4. The molecule has 1 heterocycles. The Bertz CT molecular complexity index is 3020. The number of benzene rings is 7. The van der Waals surface area contributed by atoms with Crippen LogP contribution in [0.2, 0.25) is 0 Å². The van der Waals surface area contributed by atoms with Crippen molar-refractivity contribution < 1.29 is 96.8 Å². The van der Waals surface area contributed by atoms with E-state index < -0.39 is 144 Å². The largest absolute Gasteiger partial charge is 0.212 e. The van der Waals surface area contributed by atoms with Gasteiger partial charge in [-0.3, -0.25) is 0 Å². The van der Waals surface area contributed by atoms with Crippen LogP contribution in [0.4, 0.5) is 92.2 Å². The Balaban J connectivity index is 0.000000242. The molecule has 0 spiro atoms. The van der Waals surface area contributed by atoms with Crippen LogP contribution in [0.5, 0.6) is 0 Å². The number of aromatic nitrogens is 1. The third kappa shape index (κ3) is 8.03. The van der Waals surface area contributed by atoms with E-state index in [1.54, 1.807) is 6.07 Å². The molecule has 362 valence electrons. The first-order chi connectivity index (χ1) is 33.0. The number of fused-ring (bicyclic) bond motifs is 1. The summed E-state index contributed by atoms with van der Waals surface area (Å²) in [4.78, 5) is 0. The molecule has 0 saturated carbocycles. The first kappa shape index (κ1) is 50.4. The van der Waals surface area contributed by atoms with Gasteiger partial charge in [-0.05, 0) is 23.8 Å². The van der Waals surface area contributed by atoms with Crippen LogP contribution in [-0.4, -0.2) is 6.15 Å². The SMILES string of the molecule is Fc1c(F)c(F)c([B-](c2c(F)c(F)c(F)c(F)c2F)(c2c(F)c(F)c(F)c(F)c2F)c2c(F)c(F)c(F)c(F)c2F)c(F)c1F.Fc1ccccc1Cc1ccc2ccccc2[n+]1Cc1ccccc1. The summed E-state index contributed by atoms with van der Waals surface area (Å²) in [5, 5.41) is 1.19. The molecule has 8 rings (SSSR count). The predicted octanol–water partition coefficient (Wildman–Crippen LogP) is 10.8. The van der Waals surface area contributed by atoms with Gasteiger partial charge in [-0.2, -0.15) is 4.57 Å². The minimum atomic E-state index is -7.22. The standard InChI is InChI=1S/C24BF20.C23H19FN/c26-5-1(6(27)14(35)21(42)13(5)34)25(2-7(28)15(36)22(43)16(37)8(2)29,3-9(30)17(38)23(44)18(39)10(3)31)4-11(32)19(40)24(45)20(41)12(4)33;24-22-12-6-4-11-20(22)16-21-15-14-19-10-5-7-13-23(19)25(21)17-18-8-2-1-3-9-18/h;1-15H,16-17H2/q-1;+1. The van der Waals surface area contributed by atoms with Crippen molar-refractivity contribution in [2.75, 3.05) is 0 Å². The van der Waals surface area contributed by atoms with E-state index in [2.05, 4.69) is 59.2 Å². The Morgan fingerprint density at radius 2 is 0.614 bits per heavy atom. The molecule has 0 aliphatic carbocycles. The molecule has 70 heavy (non-hydrogen) atoms. The Morgan fingerprint density at radius 3 is 0.986 bits per heavy atom. The van der Waals surface area contributed by atoms with Gasteiger partial charge in [0.2, 0.25) is 5.52 Å². The molecule has 0 N–H and O–H groups in total. The molecule has 0 fully saturated rings. The van der Waals surface area contributed by atoms with Gasteiger partial charge in [-0.25, -0.2) is 92.2 Å². The highest BCUT2D eigenvalue weighted by molar-refractivity contribution is 7.20. The maximum Gasteiger partial charge on any atom is 0.212 e. The second-order valence-electron chi connectivity index (χ2n) is 15.0. The van der Waals surface area contributed by atoms with Crippen LogP contribution < -0.4 is 26.4 Å². The highest BCUT2D eigenvalue weighted by Crippen LogP contribution is 2.31. The van der Waals surface area contributed by atoms with Crippen molar-refractivity contribution in [1.29, 1.82) is 0 Å². The Labute approximate surface area is 378 Å². The molecular weight excluding hydrogens is 988 g/mol. The summed E-state index contributed by atoms with van der Waals surface area (Å²) in [6.45, 7) is 0.770. The highest BCUT2D eigenvalue weighted by atomic mass is 19.2. The van der Waals surface area contributed by atoms with Crippen molar-refractivity contribution in [1.82, 2.24) is 0 Å². The zero-order valence-electron chi connectivity index (χ0n) is 34.0. The third-order valence-electron chi connectivity index (χ3n) is 11.2. The number of halogens is 21. The quantitative estimate of drug-likeness (QED) is 0.0470. The monoisotopic (exact) mass is 1010 g/mol. The first-order valence-electron chi connectivity index (χ1n) is 19.4. The summed E-state index contributed by atoms with van der Waals surface area (Å²) < 4.78 is 310. The van der Waals surface area contributed by atoms with E-state index in [1.165, 1.54) is 22.5 Å². The van der Waals surface area contributed by atoms with Gasteiger partial charge in [0.1, 0.15) is 58.5 Å². The zero-order valence-corrected chi connectivity index (χ0v) is 34.0. The molecule has 0 aliphatic heterocycles. The molecule has 0 unspecified atom stereocenters. The molecule has 0 saturated heterocycles. The molecule has 23 heteroatoms. The van der Waals surface area contributed by atoms with Crippen LogP contribution in [0.15, 0.2) is 91.0 Å². The summed E-state index contributed by atoms with van der Waals surface area (Å²) in [6, 6.07) is 30.0. The maximum absolute atomic E-state index is 15.4. The topological polar surface area (TPSA) is 3.88 Å². The van der Waals surface area contributed by atoms with E-state index in [0.717, 1.165) is 17.8 Å². The van der Waals surface area contributed by atoms with Crippen molar-refractivity contribution in [3.63, 3.8) is 0 Å². The molecule has 7 aromatic carbocycles. The Kier molecular flexibility index (Phi) is 13.8. The molecular formula is C47H19BF21N. The number of hydrogen-bond acceptors (Lipinski definition) is 0. The molecule has 1 aromatic heterocycles. The van der Waals surface area contributed by atoms with Crippen LogP contribution in [0.25, 0.3) is 10.9 Å². The lowest BCUT2D eigenvalue weighted by Crippen LogP contribution is -2.81. The zero-order chi connectivity index (χ0) is 51.4. The second kappa shape index (κ2) is 19.1. The van der Waals surface area contributed by atoms with Gasteiger partial charge >= 0.3 is 0 Å². The van der Waals surface area contributed by atoms with Gasteiger partial charge in [0.05, 0.1) is 6.42 Å². The molecule has 0 radical (unpaired) electrons. The van der Waals surface area contributed by atoms with Crippen LogP contribution in [0.1, 0.15) is 16.8 Å². The fourth-order valence-electron chi connectivity index (χ4n) is 8.12. The minimum Gasteiger partial charge on any atom is -0.207 e. The summed E-state index contributed by atoms with van der Waals surface area (Å²) in [5.74, 6) is -71.6. The number of pyridine rings is 1. The predicted molar refractivity (Wildman–Crippen MR) is 208 cm³/mol. The van der Waals surface area contributed by atoms with Crippen LogP contribution in [-0.2, 0) is 13.0 Å². The number of rotatable bonds is 8. The summed E-state index contributed by atoms with van der Waals surface area (Å²) in [5.41, 5.74) is -10.1. The number of nitrogens with zero attached hydrogens (tertiary/aromatic N) is 1. The van der Waals surface area contributed by atoms with Crippen molar-refractivity contribution >= 4 is 38.9 Å². The van der Waals surface area contributed by atoms with Gasteiger partial charge in [0.15, 0.2) is 82.0 Å². The Hall–Kier alpha value is -7.46. The van der Waals surface area contributed by atoms with Gasteiger partial charge in [0.25, 0.3) is 0 Å². The summed E-state index contributed by atoms with van der Waals surface area (Å²) in [7, 11) is 0. The van der Waals surface area contributed by atoms with Crippen molar-refractivity contribution in [3.05, 3.63) is 230 Å². The van der Waals surface area contributed by atoms with E-state index >= 15 is 35.1 Å². The van der Waals surface area contributed by atoms with E-state index in [9.17, 15) is 57.1 Å². The average Bonchev–Trinajstić information content (AvgIpc) is 3.35. The summed E-state index contributed by atoms with van der Waals surface area (Å²) in [6.07, 6.45) is -6.64. The van der Waals surface area contributed by atoms with Gasteiger partial charge in [-0.15, -0.1) is 21.9 Å². The van der Waals surface area contributed by atoms with Crippen molar-refractivity contribution in [2.45, 2.75) is 13.0 Å². The molecule has 0 amide bonds. The minimum absolute atomic E-state index is 0.151. The molecule has 0 bridgehead atoms. The van der Waals surface area contributed by atoms with E-state index in [0.29, 0.717) is 6.42 Å². The number of hydrogen-bond donors (Lipinski definition) is 0. The Morgan fingerprint density at radius 1 is 0.300 bits per heavy atom. The van der Waals surface area contributed by atoms with Crippen molar-refractivity contribution in [3.8, 4) is 0 Å². The van der Waals surface area contributed by atoms with E-state index in [1.807, 2.05) is 24.3 Å². The smallest absolute Gasteiger partial charge is 0.207 e. The lowest BCUT2D eigenvalue weighted by atomic mass is 9.12. The second-order valence-corrected chi connectivity index (χ2v) is 15.0. The molecule has 0 aliphatic rings. The maximum atomic E-state index is 15.4.